The number of methoxy groups -OCH3 is 1. The summed E-state index contributed by atoms with van der Waals surface area (Å²) in [5.41, 5.74) is 1.86. The highest BCUT2D eigenvalue weighted by molar-refractivity contribution is 5.90. The number of ether oxygens (including phenoxy) is 1. The molecule has 0 saturated heterocycles. The number of aromatic nitrogens is 1. The minimum atomic E-state index is -2.71. The van der Waals surface area contributed by atoms with Crippen LogP contribution in [0.5, 0.6) is 0 Å². The van der Waals surface area contributed by atoms with Gasteiger partial charge >= 0.3 is 5.97 Å². The van der Waals surface area contributed by atoms with Crippen molar-refractivity contribution >= 4 is 23.7 Å². The first kappa shape index (κ1) is 18.9. The van der Waals surface area contributed by atoms with Crippen LogP contribution in [0.15, 0.2) is 36.5 Å². The fourth-order valence-electron chi connectivity index (χ4n) is 3.02. The zero-order valence-electron chi connectivity index (χ0n) is 14.6. The number of alkyl halides is 2. The van der Waals surface area contributed by atoms with Gasteiger partial charge in [0.05, 0.1) is 18.8 Å². The monoisotopic (exact) mass is 375 g/mol. The van der Waals surface area contributed by atoms with Crippen molar-refractivity contribution in [2.24, 2.45) is 5.92 Å². The van der Waals surface area contributed by atoms with Crippen LogP contribution in [0.3, 0.4) is 0 Å². The van der Waals surface area contributed by atoms with Crippen LogP contribution in [-0.4, -0.2) is 35.3 Å². The molecule has 0 amide bonds. The van der Waals surface area contributed by atoms with E-state index < -0.39 is 23.9 Å². The molecule has 1 aliphatic rings. The zero-order valence-corrected chi connectivity index (χ0v) is 14.6. The van der Waals surface area contributed by atoms with Gasteiger partial charge in [-0.3, -0.25) is 0 Å². The van der Waals surface area contributed by atoms with Crippen molar-refractivity contribution < 1.29 is 23.4 Å². The molecule has 3 rings (SSSR count). The van der Waals surface area contributed by atoms with Gasteiger partial charge in [0.15, 0.2) is 0 Å². The van der Waals surface area contributed by atoms with Crippen molar-refractivity contribution in [1.82, 2.24) is 4.98 Å². The van der Waals surface area contributed by atoms with Gasteiger partial charge in [-0.25, -0.2) is 18.6 Å². The summed E-state index contributed by atoms with van der Waals surface area (Å²) in [4.78, 5) is 15.7. The van der Waals surface area contributed by atoms with Crippen LogP contribution in [0.1, 0.15) is 40.4 Å². The van der Waals surface area contributed by atoms with Crippen molar-refractivity contribution in [3.05, 3.63) is 53.2 Å². The molecule has 1 unspecified atom stereocenters. The van der Waals surface area contributed by atoms with E-state index in [2.05, 4.69) is 15.0 Å². The van der Waals surface area contributed by atoms with Crippen LogP contribution in [0.25, 0.3) is 0 Å². The summed E-state index contributed by atoms with van der Waals surface area (Å²) in [5.74, 6) is -3.28. The lowest BCUT2D eigenvalue weighted by Gasteiger charge is -2.38. The maximum absolute atomic E-state index is 13.0. The van der Waals surface area contributed by atoms with Crippen molar-refractivity contribution in [2.75, 3.05) is 12.4 Å². The number of halogens is 2. The Bertz CT molecular complexity index is 848. The van der Waals surface area contributed by atoms with E-state index in [9.17, 15) is 18.7 Å². The van der Waals surface area contributed by atoms with Crippen LogP contribution >= 0.6 is 0 Å². The molecule has 142 valence electrons. The third kappa shape index (κ3) is 4.11. The number of hydrogen-bond donors (Lipinski definition) is 3. The molecule has 0 spiro atoms. The van der Waals surface area contributed by atoms with E-state index in [1.165, 1.54) is 13.3 Å². The standard InChI is InChI=1S/C19H19F2N3O3/c1-27-18(26)11-2-4-15(5-3-11)24-17-12(9-22)6-13(10-23-17)16(25)14-7-19(20,21)8-14/h2-6,9-10,14,16,22,25H,7-8H2,1H3,(H,23,24). The van der Waals surface area contributed by atoms with Gasteiger partial charge in [-0.1, -0.05) is 0 Å². The predicted octanol–water partition coefficient (Wildman–Crippen LogP) is 3.69. The number of carbonyl (C=O) groups is 1. The first-order valence-corrected chi connectivity index (χ1v) is 8.34. The Labute approximate surface area is 154 Å². The van der Waals surface area contributed by atoms with Crippen molar-refractivity contribution in [3.63, 3.8) is 0 Å². The molecule has 0 radical (unpaired) electrons. The Morgan fingerprint density at radius 1 is 1.41 bits per heavy atom. The molecular formula is C19H19F2N3O3. The van der Waals surface area contributed by atoms with Gasteiger partial charge < -0.3 is 20.6 Å². The van der Waals surface area contributed by atoms with Gasteiger partial charge in [0.25, 0.3) is 0 Å². The second kappa shape index (κ2) is 7.40. The fraction of sp³-hybridized carbons (Fsp3) is 0.316. The molecule has 0 aliphatic heterocycles. The highest BCUT2D eigenvalue weighted by Crippen LogP contribution is 2.48. The van der Waals surface area contributed by atoms with Crippen molar-refractivity contribution in [2.45, 2.75) is 24.9 Å². The number of carbonyl (C=O) groups excluding carboxylic acids is 1. The smallest absolute Gasteiger partial charge is 0.337 e. The molecular weight excluding hydrogens is 356 g/mol. The lowest BCUT2D eigenvalue weighted by atomic mass is 9.76. The van der Waals surface area contributed by atoms with Gasteiger partial charge in [0.2, 0.25) is 5.92 Å². The Hall–Kier alpha value is -2.87. The third-order valence-electron chi connectivity index (χ3n) is 4.57. The third-order valence-corrected chi connectivity index (χ3v) is 4.57. The topological polar surface area (TPSA) is 95.3 Å². The normalized spacial score (nSPS) is 16.9. The van der Waals surface area contributed by atoms with E-state index in [0.29, 0.717) is 28.2 Å². The average Bonchev–Trinajstić information content (AvgIpc) is 2.65. The number of pyridine rings is 1. The highest BCUT2D eigenvalue weighted by Gasteiger charge is 2.48. The molecule has 1 aliphatic carbocycles. The van der Waals surface area contributed by atoms with Crippen LogP contribution in [-0.2, 0) is 4.74 Å². The van der Waals surface area contributed by atoms with Gasteiger partial charge in [0, 0.05) is 42.4 Å². The van der Waals surface area contributed by atoms with Crippen molar-refractivity contribution in [3.8, 4) is 0 Å². The number of anilines is 2. The molecule has 8 heteroatoms. The molecule has 3 N–H and O–H groups in total. The molecule has 1 saturated carbocycles. The highest BCUT2D eigenvalue weighted by atomic mass is 19.3. The minimum absolute atomic E-state index is 0.347. The predicted molar refractivity (Wildman–Crippen MR) is 95.8 cm³/mol. The summed E-state index contributed by atoms with van der Waals surface area (Å²) < 4.78 is 30.7. The van der Waals surface area contributed by atoms with Gasteiger partial charge in [-0.2, -0.15) is 0 Å². The number of benzene rings is 1. The van der Waals surface area contributed by atoms with E-state index >= 15 is 0 Å². The molecule has 1 aromatic heterocycles. The largest absolute Gasteiger partial charge is 0.465 e. The summed E-state index contributed by atoms with van der Waals surface area (Å²) in [7, 11) is 1.30. The summed E-state index contributed by atoms with van der Waals surface area (Å²) in [5, 5.41) is 20.9. The molecule has 1 fully saturated rings. The Balaban J connectivity index is 1.75. The first-order chi connectivity index (χ1) is 12.8. The number of aliphatic hydroxyl groups excluding tert-OH is 1. The molecule has 27 heavy (non-hydrogen) atoms. The molecule has 1 atom stereocenters. The Kier molecular flexibility index (Phi) is 5.18. The molecule has 1 aromatic carbocycles. The molecule has 1 heterocycles. The molecule has 2 aromatic rings. The maximum atomic E-state index is 13.0. The second-order valence-corrected chi connectivity index (χ2v) is 6.51. The van der Waals surface area contributed by atoms with Gasteiger partial charge in [-0.05, 0) is 35.9 Å². The average molecular weight is 375 g/mol. The number of hydrogen-bond acceptors (Lipinski definition) is 6. The van der Waals surface area contributed by atoms with Crippen LogP contribution < -0.4 is 5.32 Å². The van der Waals surface area contributed by atoms with Crippen molar-refractivity contribution in [1.29, 1.82) is 5.41 Å². The fourth-order valence-corrected chi connectivity index (χ4v) is 3.02. The summed E-state index contributed by atoms with van der Waals surface area (Å²) in [6.45, 7) is 0. The van der Waals surface area contributed by atoms with Gasteiger partial charge in [-0.15, -0.1) is 0 Å². The second-order valence-electron chi connectivity index (χ2n) is 6.51. The zero-order chi connectivity index (χ0) is 19.6. The van der Waals surface area contributed by atoms with Crippen LogP contribution in [0.4, 0.5) is 20.3 Å². The number of rotatable bonds is 6. The number of nitrogens with zero attached hydrogens (tertiary/aromatic N) is 1. The van der Waals surface area contributed by atoms with E-state index in [4.69, 9.17) is 5.41 Å². The van der Waals surface area contributed by atoms with E-state index in [1.54, 1.807) is 30.3 Å². The maximum Gasteiger partial charge on any atom is 0.337 e. The SMILES string of the molecule is COC(=O)c1ccc(Nc2ncc(C(O)C3CC(F)(F)C3)cc2C=N)cc1. The first-order valence-electron chi connectivity index (χ1n) is 8.34. The minimum Gasteiger partial charge on any atom is -0.465 e. The summed E-state index contributed by atoms with van der Waals surface area (Å²) in [6.07, 6.45) is 0.758. The molecule has 6 nitrogen and oxygen atoms in total. The molecule has 0 bridgehead atoms. The van der Waals surface area contributed by atoms with E-state index in [-0.39, 0.29) is 12.8 Å². The van der Waals surface area contributed by atoms with E-state index in [0.717, 1.165) is 6.21 Å². The summed E-state index contributed by atoms with van der Waals surface area (Å²) >= 11 is 0. The lowest BCUT2D eigenvalue weighted by Crippen LogP contribution is -2.38. The van der Waals surface area contributed by atoms with E-state index in [1.807, 2.05) is 0 Å². The lowest BCUT2D eigenvalue weighted by molar-refractivity contribution is -0.142. The number of nitrogens with one attached hydrogen (secondary N) is 2. The van der Waals surface area contributed by atoms with Gasteiger partial charge in [0.1, 0.15) is 5.82 Å². The Morgan fingerprint density at radius 2 is 2.07 bits per heavy atom. The van der Waals surface area contributed by atoms with Crippen LogP contribution in [0, 0.1) is 11.3 Å². The van der Waals surface area contributed by atoms with Crippen LogP contribution in [0.2, 0.25) is 0 Å². The number of aliphatic hydroxyl groups is 1. The Morgan fingerprint density at radius 3 is 2.63 bits per heavy atom. The summed E-state index contributed by atoms with van der Waals surface area (Å²) in [6, 6.07) is 8.08. The quantitative estimate of drug-likeness (QED) is 0.529. The number of esters is 1.